The van der Waals surface area contributed by atoms with Crippen LogP contribution in [0.1, 0.15) is 162 Å². The van der Waals surface area contributed by atoms with Gasteiger partial charge in [-0.1, -0.05) is 129 Å². The van der Waals surface area contributed by atoms with Crippen LogP contribution >= 0.6 is 0 Å². The Morgan fingerprint density at radius 1 is 0.529 bits per heavy atom. The number of ether oxygens (including phenoxy) is 2. The van der Waals surface area contributed by atoms with Crippen LogP contribution in [0.25, 0.3) is 0 Å². The molecule has 3 atom stereocenters. The maximum Gasteiger partial charge on any atom is 0.0640 e. The zero-order valence-corrected chi connectivity index (χ0v) is 23.5. The van der Waals surface area contributed by atoms with E-state index in [1.54, 1.807) is 0 Å². The Morgan fingerprint density at radius 3 is 1.38 bits per heavy atom. The van der Waals surface area contributed by atoms with Gasteiger partial charge in [-0.15, -0.1) is 0 Å². The Kier molecular flexibility index (Phi) is 23.1. The number of hydrogen-bond acceptors (Lipinski definition) is 3. The molecule has 0 amide bonds. The Morgan fingerprint density at radius 2 is 0.941 bits per heavy atom. The van der Waals surface area contributed by atoms with Crippen molar-refractivity contribution in [2.24, 2.45) is 11.7 Å². The first-order valence-corrected chi connectivity index (χ1v) is 15.7. The summed E-state index contributed by atoms with van der Waals surface area (Å²) < 4.78 is 12.6. The van der Waals surface area contributed by atoms with Gasteiger partial charge >= 0.3 is 0 Å². The summed E-state index contributed by atoms with van der Waals surface area (Å²) in [5.41, 5.74) is 6.06. The van der Waals surface area contributed by atoms with E-state index in [0.717, 1.165) is 32.6 Å². The second kappa shape index (κ2) is 24.6. The third kappa shape index (κ3) is 18.2. The molecule has 3 nitrogen and oxygen atoms in total. The molecule has 1 aliphatic rings. The van der Waals surface area contributed by atoms with E-state index in [9.17, 15) is 0 Å². The van der Waals surface area contributed by atoms with Gasteiger partial charge in [-0.05, 0) is 38.1 Å². The lowest BCUT2D eigenvalue weighted by Crippen LogP contribution is -2.39. The standard InChI is InChI=1S/C31H63NO2/c1-3-5-7-9-11-13-15-17-19-21-25-33-30-24-23-29(28-32)31(27-30)34-26-22-20-18-16-14-12-10-8-6-4-2/h29-31H,3-28,32H2,1-2H3. The highest BCUT2D eigenvalue weighted by Crippen LogP contribution is 2.29. The molecule has 0 aromatic heterocycles. The van der Waals surface area contributed by atoms with Crippen LogP contribution in [0.3, 0.4) is 0 Å². The number of unbranched alkanes of at least 4 members (excludes halogenated alkanes) is 18. The van der Waals surface area contributed by atoms with E-state index < -0.39 is 0 Å². The zero-order valence-electron chi connectivity index (χ0n) is 23.5. The Bertz CT molecular complexity index is 403. The van der Waals surface area contributed by atoms with Gasteiger partial charge in [-0.25, -0.2) is 0 Å². The molecule has 204 valence electrons. The van der Waals surface area contributed by atoms with Crippen LogP contribution in [0.2, 0.25) is 0 Å². The predicted octanol–water partition coefficient (Wildman–Crippen LogP) is 9.36. The molecule has 0 spiro atoms. The second-order valence-corrected chi connectivity index (χ2v) is 11.1. The van der Waals surface area contributed by atoms with E-state index in [1.165, 1.54) is 135 Å². The molecule has 0 saturated heterocycles. The number of rotatable bonds is 25. The molecule has 1 fully saturated rings. The lowest BCUT2D eigenvalue weighted by Gasteiger charge is -2.35. The maximum atomic E-state index is 6.34. The van der Waals surface area contributed by atoms with Crippen LogP contribution < -0.4 is 5.73 Å². The highest BCUT2D eigenvalue weighted by molar-refractivity contribution is 4.82. The largest absolute Gasteiger partial charge is 0.378 e. The molecule has 0 radical (unpaired) electrons. The first-order chi connectivity index (χ1) is 16.8. The summed E-state index contributed by atoms with van der Waals surface area (Å²) in [5, 5.41) is 0. The fraction of sp³-hybridized carbons (Fsp3) is 1.00. The van der Waals surface area contributed by atoms with Crippen LogP contribution in [0.4, 0.5) is 0 Å². The van der Waals surface area contributed by atoms with Crippen molar-refractivity contribution in [1.29, 1.82) is 0 Å². The first-order valence-electron chi connectivity index (χ1n) is 15.7. The molecule has 0 bridgehead atoms. The Labute approximate surface area is 214 Å². The molecule has 2 N–H and O–H groups in total. The van der Waals surface area contributed by atoms with Crippen LogP contribution in [0.15, 0.2) is 0 Å². The summed E-state index contributed by atoms with van der Waals surface area (Å²) in [5.74, 6) is 0.528. The van der Waals surface area contributed by atoms with Crippen molar-refractivity contribution in [3.05, 3.63) is 0 Å². The summed E-state index contributed by atoms with van der Waals surface area (Å²) in [6, 6.07) is 0. The fourth-order valence-electron chi connectivity index (χ4n) is 5.44. The van der Waals surface area contributed by atoms with E-state index >= 15 is 0 Å². The summed E-state index contributed by atoms with van der Waals surface area (Å²) in [6.07, 6.45) is 31.6. The van der Waals surface area contributed by atoms with Gasteiger partial charge in [0.05, 0.1) is 12.2 Å². The van der Waals surface area contributed by atoms with Crippen LogP contribution in [-0.4, -0.2) is 32.0 Å². The Hall–Kier alpha value is -0.120. The van der Waals surface area contributed by atoms with Crippen molar-refractivity contribution in [3.8, 4) is 0 Å². The molecule has 1 saturated carbocycles. The minimum Gasteiger partial charge on any atom is -0.378 e. The molecule has 34 heavy (non-hydrogen) atoms. The smallest absolute Gasteiger partial charge is 0.0640 e. The molecule has 0 aromatic rings. The number of nitrogens with two attached hydrogens (primary N) is 1. The zero-order chi connectivity index (χ0) is 24.5. The SMILES string of the molecule is CCCCCCCCCCCCOC1CCC(CN)C(OCCCCCCCCCCCC)C1. The lowest BCUT2D eigenvalue weighted by molar-refractivity contribution is -0.0708. The molecular weight excluding hydrogens is 418 g/mol. The summed E-state index contributed by atoms with van der Waals surface area (Å²) >= 11 is 0. The van der Waals surface area contributed by atoms with Gasteiger partial charge in [-0.2, -0.15) is 0 Å². The lowest BCUT2D eigenvalue weighted by atomic mass is 9.84. The minimum atomic E-state index is 0.315. The topological polar surface area (TPSA) is 44.5 Å². The first kappa shape index (κ1) is 31.9. The molecule has 0 aliphatic heterocycles. The predicted molar refractivity (Wildman–Crippen MR) is 150 cm³/mol. The number of hydrogen-bond donors (Lipinski definition) is 1. The van der Waals surface area contributed by atoms with E-state index in [0.29, 0.717) is 18.1 Å². The van der Waals surface area contributed by atoms with Crippen molar-refractivity contribution in [2.45, 2.75) is 174 Å². The summed E-state index contributed by atoms with van der Waals surface area (Å²) in [6.45, 7) is 7.17. The van der Waals surface area contributed by atoms with Gasteiger partial charge in [0.2, 0.25) is 0 Å². The third-order valence-electron chi connectivity index (χ3n) is 7.86. The summed E-state index contributed by atoms with van der Waals surface area (Å²) in [7, 11) is 0. The van der Waals surface area contributed by atoms with E-state index in [1.807, 2.05) is 0 Å². The van der Waals surface area contributed by atoms with Crippen molar-refractivity contribution < 1.29 is 9.47 Å². The maximum absolute atomic E-state index is 6.34. The average molecular weight is 482 g/mol. The van der Waals surface area contributed by atoms with Gasteiger partial charge in [0, 0.05) is 19.6 Å². The fourth-order valence-corrected chi connectivity index (χ4v) is 5.44. The molecule has 3 unspecified atom stereocenters. The van der Waals surface area contributed by atoms with E-state index in [-0.39, 0.29) is 0 Å². The van der Waals surface area contributed by atoms with E-state index in [2.05, 4.69) is 13.8 Å². The highest BCUT2D eigenvalue weighted by Gasteiger charge is 2.30. The monoisotopic (exact) mass is 481 g/mol. The molecule has 0 heterocycles. The molecular formula is C31H63NO2. The third-order valence-corrected chi connectivity index (χ3v) is 7.86. The van der Waals surface area contributed by atoms with Gasteiger partial charge in [0.1, 0.15) is 0 Å². The van der Waals surface area contributed by atoms with Gasteiger partial charge in [0.25, 0.3) is 0 Å². The molecule has 0 aromatic carbocycles. The van der Waals surface area contributed by atoms with Crippen LogP contribution in [-0.2, 0) is 9.47 Å². The Balaban J connectivity index is 1.99. The minimum absolute atomic E-state index is 0.315. The van der Waals surface area contributed by atoms with Crippen molar-refractivity contribution in [1.82, 2.24) is 0 Å². The van der Waals surface area contributed by atoms with Gasteiger partial charge < -0.3 is 15.2 Å². The van der Waals surface area contributed by atoms with Gasteiger partial charge in [0.15, 0.2) is 0 Å². The summed E-state index contributed by atoms with van der Waals surface area (Å²) in [4.78, 5) is 0. The quantitative estimate of drug-likeness (QED) is 0.132. The molecule has 1 aliphatic carbocycles. The van der Waals surface area contributed by atoms with Crippen LogP contribution in [0.5, 0.6) is 0 Å². The van der Waals surface area contributed by atoms with Crippen molar-refractivity contribution in [2.75, 3.05) is 19.8 Å². The molecule has 3 heteroatoms. The second-order valence-electron chi connectivity index (χ2n) is 11.1. The van der Waals surface area contributed by atoms with Crippen molar-refractivity contribution in [3.63, 3.8) is 0 Å². The van der Waals surface area contributed by atoms with Crippen LogP contribution in [0, 0.1) is 5.92 Å². The average Bonchev–Trinajstić information content (AvgIpc) is 2.86. The normalized spacial score (nSPS) is 20.7. The van der Waals surface area contributed by atoms with Crippen molar-refractivity contribution >= 4 is 0 Å². The molecule has 1 rings (SSSR count). The van der Waals surface area contributed by atoms with Gasteiger partial charge in [-0.3, -0.25) is 0 Å². The highest BCUT2D eigenvalue weighted by atomic mass is 16.5. The van der Waals surface area contributed by atoms with E-state index in [4.69, 9.17) is 15.2 Å².